The van der Waals surface area contributed by atoms with Crippen molar-refractivity contribution in [3.8, 4) is 11.6 Å². The number of carbonyl (C=O) groups is 1. The van der Waals surface area contributed by atoms with E-state index in [1.807, 2.05) is 20.8 Å². The quantitative estimate of drug-likeness (QED) is 0.143. The number of alkyl halides is 1. The van der Waals surface area contributed by atoms with Crippen molar-refractivity contribution >= 4 is 41.7 Å². The number of carbonyl (C=O) groups excluding carboxylic acids is 1. The number of hydrogen-bond donors (Lipinski definition) is 3. The molecular weight excluding hydrogens is 636 g/mol. The van der Waals surface area contributed by atoms with Crippen LogP contribution in [0.4, 0.5) is 10.3 Å². The topological polar surface area (TPSA) is 195 Å². The number of fused-ring (bicyclic) bond motifs is 2. The molecule has 0 aliphatic carbocycles. The van der Waals surface area contributed by atoms with E-state index in [9.17, 15) is 14.5 Å². The third kappa shape index (κ3) is 7.16. The lowest BCUT2D eigenvalue weighted by molar-refractivity contribution is -0.148. The van der Waals surface area contributed by atoms with Crippen LogP contribution in [0, 0.1) is 5.41 Å². The smallest absolute Gasteiger partial charge is 0.459 e. The Balaban J connectivity index is 1.42. The highest BCUT2D eigenvalue weighted by Gasteiger charge is 2.61. The van der Waals surface area contributed by atoms with Gasteiger partial charge in [-0.25, -0.2) is 13.9 Å². The van der Waals surface area contributed by atoms with E-state index in [0.717, 1.165) is 6.92 Å². The van der Waals surface area contributed by atoms with Crippen molar-refractivity contribution in [2.24, 2.45) is 5.41 Å². The summed E-state index contributed by atoms with van der Waals surface area (Å²) in [4.78, 5) is 29.6. The molecule has 4 heterocycles. The van der Waals surface area contributed by atoms with E-state index in [4.69, 9.17) is 29.0 Å². The summed E-state index contributed by atoms with van der Waals surface area (Å²) in [7, 11) is -4.54. The Bertz CT molecular complexity index is 1810. The second kappa shape index (κ2) is 12.9. The lowest BCUT2D eigenvalue weighted by Crippen LogP contribution is -2.53. The van der Waals surface area contributed by atoms with Gasteiger partial charge in [-0.05, 0) is 50.5 Å². The molecule has 5 rings (SSSR count). The Hall–Kier alpha value is -3.95. The highest BCUT2D eigenvalue weighted by Crippen LogP contribution is 2.51. The fourth-order valence-electron chi connectivity index (χ4n) is 4.85. The largest absolute Gasteiger partial charge is 0.476 e. The zero-order chi connectivity index (χ0) is 34.2. The van der Waals surface area contributed by atoms with Crippen molar-refractivity contribution in [2.45, 2.75) is 65.1 Å². The maximum atomic E-state index is 16.7. The van der Waals surface area contributed by atoms with Gasteiger partial charge in [0, 0.05) is 11.6 Å². The fourth-order valence-corrected chi connectivity index (χ4v) is 6.41. The molecule has 0 amide bonds. The van der Waals surface area contributed by atoms with E-state index >= 15 is 4.39 Å². The van der Waals surface area contributed by atoms with Gasteiger partial charge in [-0.15, -0.1) is 0 Å². The molecule has 5 atom stereocenters. The number of nitrogens with one attached hydrogen (secondary N) is 1. The minimum absolute atomic E-state index is 0.100. The highest BCUT2D eigenvalue weighted by molar-refractivity contribution is 7.52. The maximum absolute atomic E-state index is 16.7. The molecular formula is C30H39FN7O8P. The summed E-state index contributed by atoms with van der Waals surface area (Å²) in [6.07, 6.45) is 1.39. The van der Waals surface area contributed by atoms with Crippen LogP contribution in [0.15, 0.2) is 42.9 Å². The molecule has 47 heavy (non-hydrogen) atoms. The van der Waals surface area contributed by atoms with Crippen LogP contribution in [0.3, 0.4) is 0 Å². The van der Waals surface area contributed by atoms with Gasteiger partial charge in [0.25, 0.3) is 0 Å². The van der Waals surface area contributed by atoms with Crippen LogP contribution >= 0.6 is 7.75 Å². The van der Waals surface area contributed by atoms with E-state index in [0.29, 0.717) is 10.9 Å². The van der Waals surface area contributed by atoms with Crippen molar-refractivity contribution in [3.05, 3.63) is 42.9 Å². The van der Waals surface area contributed by atoms with E-state index in [1.54, 1.807) is 43.5 Å². The molecule has 0 saturated carbocycles. The number of imidazole rings is 1. The van der Waals surface area contributed by atoms with Crippen molar-refractivity contribution in [2.75, 3.05) is 32.2 Å². The Kier molecular flexibility index (Phi) is 9.45. The highest BCUT2D eigenvalue weighted by atomic mass is 31.2. The predicted molar refractivity (Wildman–Crippen MR) is 169 cm³/mol. The van der Waals surface area contributed by atoms with Crippen LogP contribution in [0.5, 0.6) is 11.6 Å². The number of aromatic nitrogens is 5. The number of hydrogen-bond acceptors (Lipinski definition) is 13. The molecule has 1 fully saturated rings. The van der Waals surface area contributed by atoms with Crippen molar-refractivity contribution in [1.82, 2.24) is 29.6 Å². The summed E-state index contributed by atoms with van der Waals surface area (Å²) >= 11 is 0. The number of pyridine rings is 1. The Morgan fingerprint density at radius 1 is 1.28 bits per heavy atom. The molecule has 0 spiro atoms. The molecule has 1 aliphatic heterocycles. The van der Waals surface area contributed by atoms with E-state index in [2.05, 4.69) is 25.0 Å². The Morgan fingerprint density at radius 2 is 2.04 bits per heavy atom. The SMILES string of the molecule is CCOc1nc(N)nc2c1ncn2[C@@H]1OCC(O)(COP(=O)(NC(C)C(=O)OCC(C)(C)C)Oc2cccc3ncccc23)[C@@]1(C)F. The van der Waals surface area contributed by atoms with Gasteiger partial charge < -0.3 is 29.6 Å². The van der Waals surface area contributed by atoms with E-state index in [1.165, 1.54) is 17.8 Å². The average molecular weight is 676 g/mol. The third-order valence-corrected chi connectivity index (χ3v) is 9.05. The summed E-state index contributed by atoms with van der Waals surface area (Å²) < 4.78 is 60.6. The first-order chi connectivity index (χ1) is 22.1. The summed E-state index contributed by atoms with van der Waals surface area (Å²) in [6.45, 7) is 8.88. The molecule has 4 N–H and O–H groups in total. The second-order valence-electron chi connectivity index (χ2n) is 12.6. The van der Waals surface area contributed by atoms with Crippen molar-refractivity contribution < 1.29 is 42.1 Å². The van der Waals surface area contributed by atoms with Crippen molar-refractivity contribution in [3.63, 3.8) is 0 Å². The molecule has 254 valence electrons. The summed E-state index contributed by atoms with van der Waals surface area (Å²) in [5, 5.41) is 14.7. The summed E-state index contributed by atoms with van der Waals surface area (Å²) in [6, 6.07) is 7.10. The third-order valence-electron chi connectivity index (χ3n) is 7.44. The molecule has 1 saturated heterocycles. The van der Waals surface area contributed by atoms with E-state index < -0.39 is 50.5 Å². The van der Waals surface area contributed by atoms with Crippen LogP contribution in [-0.4, -0.2) is 79.3 Å². The first kappa shape index (κ1) is 34.4. The van der Waals surface area contributed by atoms with Crippen molar-refractivity contribution in [1.29, 1.82) is 0 Å². The number of nitrogens with zero attached hydrogens (tertiary/aromatic N) is 5. The number of ether oxygens (including phenoxy) is 3. The molecule has 17 heteroatoms. The average Bonchev–Trinajstić information content (AvgIpc) is 3.52. The molecule has 3 aromatic heterocycles. The van der Waals surface area contributed by atoms with Gasteiger partial charge in [0.1, 0.15) is 17.4 Å². The molecule has 4 aromatic rings. The zero-order valence-electron chi connectivity index (χ0n) is 27.0. The summed E-state index contributed by atoms with van der Waals surface area (Å²) in [5.41, 5.74) is 1.47. The summed E-state index contributed by atoms with van der Waals surface area (Å²) in [5.74, 6) is -0.633. The van der Waals surface area contributed by atoms with Gasteiger partial charge in [-0.2, -0.15) is 15.1 Å². The van der Waals surface area contributed by atoms with Gasteiger partial charge in [0.05, 0.1) is 38.3 Å². The number of nitrogen functional groups attached to an aromatic ring is 1. The fraction of sp³-hybridized carbons (Fsp3) is 0.500. The molecule has 0 bridgehead atoms. The van der Waals surface area contributed by atoms with E-state index in [-0.39, 0.29) is 47.4 Å². The molecule has 15 nitrogen and oxygen atoms in total. The molecule has 1 aliphatic rings. The molecule has 0 radical (unpaired) electrons. The number of benzene rings is 1. The van der Waals surface area contributed by atoms with Gasteiger partial charge in [0.2, 0.25) is 11.8 Å². The Labute approximate surface area is 270 Å². The zero-order valence-corrected chi connectivity index (χ0v) is 27.9. The normalized spacial score (nSPS) is 23.4. The lowest BCUT2D eigenvalue weighted by Gasteiger charge is -2.34. The van der Waals surface area contributed by atoms with Gasteiger partial charge >= 0.3 is 13.7 Å². The Morgan fingerprint density at radius 3 is 2.77 bits per heavy atom. The lowest BCUT2D eigenvalue weighted by atomic mass is 9.88. The number of anilines is 1. The first-order valence-electron chi connectivity index (χ1n) is 14.9. The van der Waals surface area contributed by atoms with Gasteiger partial charge in [-0.3, -0.25) is 18.9 Å². The monoisotopic (exact) mass is 675 g/mol. The number of rotatable bonds is 12. The first-order valence-corrected chi connectivity index (χ1v) is 16.5. The minimum atomic E-state index is -4.54. The standard InChI is InChI=1S/C30H39FN7O8P/c1-7-42-24-22-23(35-27(32)36-24)38(17-34-22)26-29(6,31)30(40,15-44-26)16-45-47(41,37-18(2)25(39)43-14-28(3,4)5)46-21-12-8-11-20-19(21)10-9-13-33-20/h8-13,17-18,26,40H,7,14-16H2,1-6H3,(H,37,41)(H2,32,35,36)/t18?,26-,29+,30?,47?/m1/s1. The minimum Gasteiger partial charge on any atom is -0.476 e. The van der Waals surface area contributed by atoms with Gasteiger partial charge in [0.15, 0.2) is 23.1 Å². The number of aliphatic hydroxyl groups is 1. The maximum Gasteiger partial charge on any atom is 0.459 e. The van der Waals surface area contributed by atoms with Crippen LogP contribution < -0.4 is 20.1 Å². The molecule has 3 unspecified atom stereocenters. The second-order valence-corrected chi connectivity index (χ2v) is 14.3. The van der Waals surface area contributed by atoms with Crippen LogP contribution in [-0.2, 0) is 23.4 Å². The number of esters is 1. The van der Waals surface area contributed by atoms with Crippen LogP contribution in [0.25, 0.3) is 22.1 Å². The number of nitrogens with two attached hydrogens (primary N) is 1. The number of halogens is 1. The van der Waals surface area contributed by atoms with Gasteiger partial charge in [-0.1, -0.05) is 26.8 Å². The molecule has 1 aromatic carbocycles. The predicted octanol–water partition coefficient (Wildman–Crippen LogP) is 4.11. The van der Waals surface area contributed by atoms with Crippen LogP contribution in [0.2, 0.25) is 0 Å². The van der Waals surface area contributed by atoms with Crippen LogP contribution in [0.1, 0.15) is 47.8 Å².